The third-order valence-corrected chi connectivity index (χ3v) is 6.33. The number of ether oxygens (including phenoxy) is 2. The maximum atomic E-state index is 12.8. The van der Waals surface area contributed by atoms with Crippen molar-refractivity contribution in [2.24, 2.45) is 11.3 Å². The summed E-state index contributed by atoms with van der Waals surface area (Å²) >= 11 is 0. The number of hydrogen-bond donors (Lipinski definition) is 1. The van der Waals surface area contributed by atoms with E-state index in [9.17, 15) is 9.59 Å². The molecule has 1 aliphatic carbocycles. The van der Waals surface area contributed by atoms with Gasteiger partial charge in [-0.05, 0) is 30.9 Å². The molecule has 2 atom stereocenters. The molecule has 1 N–H and O–H groups in total. The highest BCUT2D eigenvalue weighted by Gasteiger charge is 2.55. The van der Waals surface area contributed by atoms with E-state index in [2.05, 4.69) is 5.32 Å². The Balaban J connectivity index is 1.57. The molecule has 0 unspecified atom stereocenters. The summed E-state index contributed by atoms with van der Waals surface area (Å²) in [5.41, 5.74) is 0.867. The van der Waals surface area contributed by atoms with Gasteiger partial charge in [0.25, 0.3) is 0 Å². The first kappa shape index (κ1) is 20.9. The van der Waals surface area contributed by atoms with Gasteiger partial charge in [-0.3, -0.25) is 4.79 Å². The van der Waals surface area contributed by atoms with E-state index in [4.69, 9.17) is 9.47 Å². The number of carbonyl (C=O) groups excluding carboxylic acids is 2. The summed E-state index contributed by atoms with van der Waals surface area (Å²) in [6, 6.07) is 19.2. The zero-order valence-corrected chi connectivity index (χ0v) is 17.3. The molecule has 1 amide bonds. The zero-order chi connectivity index (χ0) is 20.9. The Bertz CT molecular complexity index is 832. The molecule has 1 aliphatic rings. The zero-order valence-electron chi connectivity index (χ0n) is 17.3. The second-order valence-electron chi connectivity index (χ2n) is 8.43. The predicted molar refractivity (Wildman–Crippen MR) is 111 cm³/mol. The molecule has 154 valence electrons. The Morgan fingerprint density at radius 2 is 1.41 bits per heavy atom. The molecule has 0 saturated heterocycles. The highest BCUT2D eigenvalue weighted by molar-refractivity contribution is 5.75. The SMILES string of the molecule is CC1(C)[C@@H](C(=O)OCc2ccccc2)CC[C@@]1(C)NC(=O)OCc1ccccc1. The minimum absolute atomic E-state index is 0.214. The van der Waals surface area contributed by atoms with Gasteiger partial charge in [0.2, 0.25) is 0 Å². The lowest BCUT2D eigenvalue weighted by molar-refractivity contribution is -0.154. The molecule has 1 saturated carbocycles. The maximum Gasteiger partial charge on any atom is 0.407 e. The van der Waals surface area contributed by atoms with Crippen molar-refractivity contribution in [1.29, 1.82) is 0 Å². The van der Waals surface area contributed by atoms with Crippen LogP contribution in [0, 0.1) is 11.3 Å². The molecule has 2 aromatic rings. The van der Waals surface area contributed by atoms with Crippen LogP contribution in [0.5, 0.6) is 0 Å². The highest BCUT2D eigenvalue weighted by atomic mass is 16.5. The first-order chi connectivity index (χ1) is 13.8. The fourth-order valence-corrected chi connectivity index (χ4v) is 3.95. The first-order valence-corrected chi connectivity index (χ1v) is 10.0. The van der Waals surface area contributed by atoms with Gasteiger partial charge < -0.3 is 14.8 Å². The second kappa shape index (κ2) is 8.68. The number of carbonyl (C=O) groups is 2. The lowest BCUT2D eigenvalue weighted by atomic mass is 9.71. The van der Waals surface area contributed by atoms with Crippen LogP contribution < -0.4 is 5.32 Å². The molecule has 0 aromatic heterocycles. The molecule has 0 heterocycles. The quantitative estimate of drug-likeness (QED) is 0.710. The Hall–Kier alpha value is -2.82. The average molecular weight is 395 g/mol. The third kappa shape index (κ3) is 4.78. The molecular formula is C24H29NO4. The average Bonchev–Trinajstić information content (AvgIpc) is 2.95. The molecule has 0 aliphatic heterocycles. The van der Waals surface area contributed by atoms with Crippen molar-refractivity contribution in [2.45, 2.75) is 52.4 Å². The van der Waals surface area contributed by atoms with Crippen molar-refractivity contribution in [3.05, 3.63) is 71.8 Å². The van der Waals surface area contributed by atoms with Gasteiger partial charge in [0.1, 0.15) is 13.2 Å². The van der Waals surface area contributed by atoms with E-state index in [0.29, 0.717) is 12.8 Å². The van der Waals surface area contributed by atoms with Crippen molar-refractivity contribution < 1.29 is 19.1 Å². The number of alkyl carbamates (subject to hydrolysis) is 1. The molecule has 0 bridgehead atoms. The van der Waals surface area contributed by atoms with Gasteiger partial charge in [-0.25, -0.2) is 4.79 Å². The van der Waals surface area contributed by atoms with Gasteiger partial charge in [0, 0.05) is 11.0 Å². The van der Waals surface area contributed by atoms with Crippen LogP contribution in [0.1, 0.15) is 44.7 Å². The van der Waals surface area contributed by atoms with Crippen molar-refractivity contribution >= 4 is 12.1 Å². The van der Waals surface area contributed by atoms with E-state index < -0.39 is 17.0 Å². The molecule has 0 radical (unpaired) electrons. The summed E-state index contributed by atoms with van der Waals surface area (Å²) in [6.07, 6.45) is 0.879. The van der Waals surface area contributed by atoms with Gasteiger partial charge in [0.15, 0.2) is 0 Å². The van der Waals surface area contributed by atoms with E-state index in [1.807, 2.05) is 81.4 Å². The number of hydrogen-bond acceptors (Lipinski definition) is 4. The first-order valence-electron chi connectivity index (χ1n) is 10.0. The van der Waals surface area contributed by atoms with Gasteiger partial charge in [0.05, 0.1) is 5.92 Å². The summed E-state index contributed by atoms with van der Waals surface area (Å²) in [7, 11) is 0. The van der Waals surface area contributed by atoms with Crippen LogP contribution >= 0.6 is 0 Å². The van der Waals surface area contributed by atoms with Crippen LogP contribution in [0.15, 0.2) is 60.7 Å². The summed E-state index contributed by atoms with van der Waals surface area (Å²) in [6.45, 7) is 6.46. The van der Waals surface area contributed by atoms with Gasteiger partial charge in [-0.15, -0.1) is 0 Å². The third-order valence-electron chi connectivity index (χ3n) is 6.33. The molecule has 5 heteroatoms. The molecule has 1 fully saturated rings. The minimum Gasteiger partial charge on any atom is -0.461 e. The maximum absolute atomic E-state index is 12.8. The van der Waals surface area contributed by atoms with Gasteiger partial charge >= 0.3 is 12.1 Å². The summed E-state index contributed by atoms with van der Waals surface area (Å²) in [5, 5.41) is 3.01. The highest BCUT2D eigenvalue weighted by Crippen LogP contribution is 2.50. The van der Waals surface area contributed by atoms with E-state index in [0.717, 1.165) is 11.1 Å². The molecule has 3 rings (SSSR count). The van der Waals surface area contributed by atoms with Crippen LogP contribution in [0.3, 0.4) is 0 Å². The number of rotatable bonds is 6. The van der Waals surface area contributed by atoms with Crippen molar-refractivity contribution in [3.8, 4) is 0 Å². The van der Waals surface area contributed by atoms with Crippen molar-refractivity contribution in [2.75, 3.05) is 0 Å². The van der Waals surface area contributed by atoms with E-state index in [1.165, 1.54) is 0 Å². The monoisotopic (exact) mass is 395 g/mol. The molecule has 2 aromatic carbocycles. The van der Waals surface area contributed by atoms with Crippen molar-refractivity contribution in [3.63, 3.8) is 0 Å². The Morgan fingerprint density at radius 1 is 0.897 bits per heavy atom. The number of nitrogens with one attached hydrogen (secondary N) is 1. The smallest absolute Gasteiger partial charge is 0.407 e. The number of amides is 1. The summed E-state index contributed by atoms with van der Waals surface area (Å²) < 4.78 is 11.0. The fraction of sp³-hybridized carbons (Fsp3) is 0.417. The van der Waals surface area contributed by atoms with Crippen LogP contribution in [-0.2, 0) is 27.5 Å². The Morgan fingerprint density at radius 3 is 1.97 bits per heavy atom. The fourth-order valence-electron chi connectivity index (χ4n) is 3.95. The Labute approximate surface area is 172 Å². The largest absolute Gasteiger partial charge is 0.461 e. The lowest BCUT2D eigenvalue weighted by Gasteiger charge is -2.41. The van der Waals surface area contributed by atoms with Crippen molar-refractivity contribution in [1.82, 2.24) is 5.32 Å². The van der Waals surface area contributed by atoms with Crippen LogP contribution in [0.25, 0.3) is 0 Å². The van der Waals surface area contributed by atoms with Crippen LogP contribution in [0.2, 0.25) is 0 Å². The summed E-state index contributed by atoms with van der Waals surface area (Å²) in [5.74, 6) is -0.507. The van der Waals surface area contributed by atoms with Crippen LogP contribution in [0.4, 0.5) is 4.79 Å². The molecule has 5 nitrogen and oxygen atoms in total. The Kier molecular flexibility index (Phi) is 6.26. The molecule has 29 heavy (non-hydrogen) atoms. The normalized spacial score (nSPS) is 22.7. The summed E-state index contributed by atoms with van der Waals surface area (Å²) in [4.78, 5) is 25.2. The number of esters is 1. The minimum atomic E-state index is -0.558. The predicted octanol–water partition coefficient (Wildman–Crippen LogP) is 4.85. The van der Waals surface area contributed by atoms with E-state index in [1.54, 1.807) is 0 Å². The standard InChI is InChI=1S/C24H29NO4/c1-23(2)20(21(26)28-16-18-10-6-4-7-11-18)14-15-24(23,3)25-22(27)29-17-19-12-8-5-9-13-19/h4-13,20H,14-17H2,1-3H3,(H,25,27)/t20-,24-/m1/s1. The molecular weight excluding hydrogens is 366 g/mol. The van der Waals surface area contributed by atoms with Gasteiger partial charge in [-0.2, -0.15) is 0 Å². The lowest BCUT2D eigenvalue weighted by Crippen LogP contribution is -2.55. The molecule has 0 spiro atoms. The number of benzene rings is 2. The van der Waals surface area contributed by atoms with Gasteiger partial charge in [-0.1, -0.05) is 74.5 Å². The van der Waals surface area contributed by atoms with Crippen LogP contribution in [-0.4, -0.2) is 17.6 Å². The van der Waals surface area contributed by atoms with E-state index in [-0.39, 0.29) is 25.1 Å². The second-order valence-corrected chi connectivity index (χ2v) is 8.43. The van der Waals surface area contributed by atoms with E-state index >= 15 is 0 Å². The topological polar surface area (TPSA) is 64.6 Å².